The molecule has 0 radical (unpaired) electrons. The molecule has 0 unspecified atom stereocenters. The van der Waals surface area contributed by atoms with Gasteiger partial charge in [-0.15, -0.1) is 0 Å². The molecule has 3 aromatic carbocycles. The van der Waals surface area contributed by atoms with Gasteiger partial charge in [-0.1, -0.05) is 22.0 Å². The molecule has 43 heavy (non-hydrogen) atoms. The van der Waals surface area contributed by atoms with Crippen LogP contribution in [0.3, 0.4) is 0 Å². The van der Waals surface area contributed by atoms with Crippen molar-refractivity contribution in [2.24, 2.45) is 10.8 Å². The van der Waals surface area contributed by atoms with Crippen LogP contribution in [0.4, 0.5) is 14.9 Å². The van der Waals surface area contributed by atoms with E-state index in [1.54, 1.807) is 55.8 Å². The number of methoxy groups -OCH3 is 1. The number of anilines is 1. The van der Waals surface area contributed by atoms with Crippen LogP contribution in [0.2, 0.25) is 0 Å². The number of morpholine rings is 1. The van der Waals surface area contributed by atoms with Gasteiger partial charge in [-0.3, -0.25) is 9.88 Å². The van der Waals surface area contributed by atoms with Gasteiger partial charge in [0.25, 0.3) is 0 Å². The Morgan fingerprint density at radius 2 is 1.95 bits per heavy atom. The Balaban J connectivity index is 1.29. The molecule has 2 amide bonds. The van der Waals surface area contributed by atoms with E-state index in [0.717, 1.165) is 48.8 Å². The van der Waals surface area contributed by atoms with Crippen LogP contribution < -0.4 is 25.0 Å². The summed E-state index contributed by atoms with van der Waals surface area (Å²) in [7, 11) is 1.56. The van der Waals surface area contributed by atoms with E-state index >= 15 is 4.39 Å². The van der Waals surface area contributed by atoms with E-state index in [4.69, 9.17) is 24.7 Å². The molecule has 12 heteroatoms. The first-order valence-corrected chi connectivity index (χ1v) is 14.5. The van der Waals surface area contributed by atoms with Gasteiger partial charge in [-0.05, 0) is 60.5 Å². The molecule has 224 valence electrons. The number of pyridine rings is 1. The number of ether oxygens (including phenoxy) is 4. The Morgan fingerprint density at radius 3 is 2.70 bits per heavy atom. The predicted molar refractivity (Wildman–Crippen MR) is 166 cm³/mol. The number of rotatable bonds is 11. The average Bonchev–Trinajstić information content (AvgIpc) is 3.01. The first-order chi connectivity index (χ1) is 20.9. The van der Waals surface area contributed by atoms with Gasteiger partial charge in [0.2, 0.25) is 0 Å². The maximum atomic E-state index is 15.1. The second kappa shape index (κ2) is 14.3. The number of nitrogens with two attached hydrogens (primary N) is 1. The summed E-state index contributed by atoms with van der Waals surface area (Å²) in [6, 6.07) is 15.7. The van der Waals surface area contributed by atoms with Crippen molar-refractivity contribution < 1.29 is 28.1 Å². The fourth-order valence-electron chi connectivity index (χ4n) is 4.57. The quantitative estimate of drug-likeness (QED) is 0.121. The fourth-order valence-corrected chi connectivity index (χ4v) is 4.95. The fraction of sp³-hybridized carbons (Fsp3) is 0.258. The largest absolute Gasteiger partial charge is 0.493 e. The zero-order valence-corrected chi connectivity index (χ0v) is 25.1. The zero-order valence-electron chi connectivity index (χ0n) is 23.5. The van der Waals surface area contributed by atoms with E-state index in [1.165, 1.54) is 18.3 Å². The maximum absolute atomic E-state index is 15.1. The lowest BCUT2D eigenvalue weighted by Crippen LogP contribution is -2.37. The van der Waals surface area contributed by atoms with Gasteiger partial charge in [0, 0.05) is 41.8 Å². The van der Waals surface area contributed by atoms with Gasteiger partial charge in [0.1, 0.15) is 5.75 Å². The van der Waals surface area contributed by atoms with Crippen molar-refractivity contribution >= 4 is 44.8 Å². The van der Waals surface area contributed by atoms with E-state index in [9.17, 15) is 4.79 Å². The number of primary amides is 1. The first-order valence-electron chi connectivity index (χ1n) is 13.7. The predicted octanol–water partition coefficient (Wildman–Crippen LogP) is 5.96. The van der Waals surface area contributed by atoms with E-state index < -0.39 is 11.8 Å². The normalized spacial score (nSPS) is 13.7. The third-order valence-corrected chi connectivity index (χ3v) is 7.22. The van der Waals surface area contributed by atoms with Crippen LogP contribution in [0.1, 0.15) is 12.0 Å². The summed E-state index contributed by atoms with van der Waals surface area (Å²) in [5, 5.41) is 5.80. The van der Waals surface area contributed by atoms with Gasteiger partial charge in [-0.25, -0.2) is 9.18 Å². The minimum atomic E-state index is -0.781. The Morgan fingerprint density at radius 1 is 1.12 bits per heavy atom. The maximum Gasteiger partial charge on any atom is 0.340 e. The number of benzene rings is 3. The molecule has 0 aliphatic carbocycles. The standard InChI is InChI=1S/C31H31BrFN5O5/c1-40-29-18-24-26(19-30(29)42-13-3-10-37-11-14-41-15-12-37)35-9-8-27(24)43-28-7-6-21(16-25(28)33)20-36-38(31(34)39)23-5-2-4-22(32)17-23/h2,4-9,16-20H,3,10-15H2,1H3,(H2,34,39). The van der Waals surface area contributed by atoms with Crippen molar-refractivity contribution in [1.82, 2.24) is 9.88 Å². The molecule has 2 heterocycles. The molecule has 1 saturated heterocycles. The van der Waals surface area contributed by atoms with E-state index in [-0.39, 0.29) is 5.75 Å². The highest BCUT2D eigenvalue weighted by Crippen LogP contribution is 2.37. The SMILES string of the molecule is COc1cc2c(Oc3ccc(C=NN(C(N)=O)c4cccc(Br)c4)cc3F)ccnc2cc1OCCCN1CCOCC1. The van der Waals surface area contributed by atoms with Gasteiger partial charge in [0.05, 0.1) is 44.3 Å². The Hall–Kier alpha value is -4.26. The van der Waals surface area contributed by atoms with Crippen LogP contribution in [0.5, 0.6) is 23.0 Å². The number of urea groups is 1. The van der Waals surface area contributed by atoms with Crippen molar-refractivity contribution in [3.05, 3.63) is 82.7 Å². The summed E-state index contributed by atoms with van der Waals surface area (Å²) in [4.78, 5) is 18.8. The summed E-state index contributed by atoms with van der Waals surface area (Å²) < 4.78 is 38.9. The molecule has 0 atom stereocenters. The molecule has 1 fully saturated rings. The monoisotopic (exact) mass is 651 g/mol. The molecule has 0 spiro atoms. The molecule has 1 aliphatic rings. The van der Waals surface area contributed by atoms with Gasteiger partial charge >= 0.3 is 6.03 Å². The summed E-state index contributed by atoms with van der Waals surface area (Å²) in [5.41, 5.74) is 6.97. The summed E-state index contributed by atoms with van der Waals surface area (Å²) in [6.07, 6.45) is 3.79. The lowest BCUT2D eigenvalue weighted by molar-refractivity contribution is 0.0357. The molecule has 4 aromatic rings. The minimum absolute atomic E-state index is 0.00537. The number of aromatic nitrogens is 1. The average molecular weight is 653 g/mol. The van der Waals surface area contributed by atoms with Crippen molar-refractivity contribution in [3.8, 4) is 23.0 Å². The second-order valence-corrected chi connectivity index (χ2v) is 10.6. The summed E-state index contributed by atoms with van der Waals surface area (Å²) in [5.74, 6) is 0.884. The van der Waals surface area contributed by atoms with Crippen molar-refractivity contribution in [2.75, 3.05) is 51.6 Å². The second-order valence-electron chi connectivity index (χ2n) is 9.65. The Bertz CT molecular complexity index is 1620. The minimum Gasteiger partial charge on any atom is -0.493 e. The van der Waals surface area contributed by atoms with Crippen molar-refractivity contribution in [1.29, 1.82) is 0 Å². The van der Waals surface area contributed by atoms with Crippen LogP contribution in [-0.4, -0.2) is 68.7 Å². The third-order valence-electron chi connectivity index (χ3n) is 6.73. The molecular formula is C31H31BrFN5O5. The highest BCUT2D eigenvalue weighted by atomic mass is 79.9. The number of carbonyl (C=O) groups excluding carboxylic acids is 1. The topological polar surface area (TPSA) is 112 Å². The number of carbonyl (C=O) groups is 1. The zero-order chi connectivity index (χ0) is 30.2. The van der Waals surface area contributed by atoms with E-state index in [1.807, 2.05) is 6.07 Å². The van der Waals surface area contributed by atoms with Crippen LogP contribution >= 0.6 is 15.9 Å². The molecule has 0 bridgehead atoms. The van der Waals surface area contributed by atoms with Crippen LogP contribution in [0, 0.1) is 5.82 Å². The number of hydrogen-bond donors (Lipinski definition) is 1. The Kier molecular flexibility index (Phi) is 10.0. The van der Waals surface area contributed by atoms with Crippen molar-refractivity contribution in [2.45, 2.75) is 6.42 Å². The molecule has 5 rings (SSSR count). The molecule has 1 aliphatic heterocycles. The van der Waals surface area contributed by atoms with Gasteiger partial charge in [0.15, 0.2) is 23.1 Å². The highest BCUT2D eigenvalue weighted by molar-refractivity contribution is 9.10. The van der Waals surface area contributed by atoms with E-state index in [2.05, 4.69) is 30.9 Å². The summed E-state index contributed by atoms with van der Waals surface area (Å²) >= 11 is 3.36. The smallest absolute Gasteiger partial charge is 0.340 e. The molecule has 2 N–H and O–H groups in total. The molecule has 10 nitrogen and oxygen atoms in total. The van der Waals surface area contributed by atoms with Crippen LogP contribution in [0.25, 0.3) is 10.9 Å². The van der Waals surface area contributed by atoms with E-state index in [0.29, 0.717) is 46.0 Å². The lowest BCUT2D eigenvalue weighted by atomic mass is 10.1. The Labute approximate surface area is 256 Å². The number of hydrogen-bond acceptors (Lipinski definition) is 8. The van der Waals surface area contributed by atoms with Gasteiger partial charge in [-0.2, -0.15) is 10.1 Å². The summed E-state index contributed by atoms with van der Waals surface area (Å²) in [6.45, 7) is 4.85. The lowest BCUT2D eigenvalue weighted by Gasteiger charge is -2.26. The molecule has 0 saturated carbocycles. The number of fused-ring (bicyclic) bond motifs is 1. The van der Waals surface area contributed by atoms with Gasteiger partial charge < -0.3 is 24.7 Å². The molecule has 1 aromatic heterocycles. The number of halogens is 2. The van der Waals surface area contributed by atoms with Crippen LogP contribution in [-0.2, 0) is 4.74 Å². The molecular weight excluding hydrogens is 621 g/mol. The number of amides is 2. The third kappa shape index (κ3) is 7.78. The number of hydrazone groups is 1. The highest BCUT2D eigenvalue weighted by Gasteiger charge is 2.15. The van der Waals surface area contributed by atoms with Crippen molar-refractivity contribution in [3.63, 3.8) is 0 Å². The van der Waals surface area contributed by atoms with Crippen LogP contribution in [0.15, 0.2) is 76.4 Å². The first kappa shape index (κ1) is 30.2. The number of nitrogens with zero attached hydrogens (tertiary/aromatic N) is 4.